The average molecular weight is 257 g/mol. The quantitative estimate of drug-likeness (QED) is 0.660. The first-order valence-electron chi connectivity index (χ1n) is 6.28. The van der Waals surface area contributed by atoms with E-state index in [1.807, 2.05) is 30.3 Å². The van der Waals surface area contributed by atoms with Gasteiger partial charge in [0.2, 0.25) is 0 Å². The van der Waals surface area contributed by atoms with Crippen LogP contribution in [-0.2, 0) is 6.54 Å². The zero-order valence-electron chi connectivity index (χ0n) is 10.8. The number of nitrogens with zero attached hydrogens (tertiary/aromatic N) is 1. The largest absolute Gasteiger partial charge is 0.337 e. The highest BCUT2D eigenvalue weighted by molar-refractivity contribution is 5.32. The molecule has 0 fully saturated rings. The van der Waals surface area contributed by atoms with E-state index < -0.39 is 0 Å². The highest BCUT2D eigenvalue weighted by Gasteiger charge is 2.09. The number of non-ortho nitro benzene ring substituents is 1. The topological polar surface area (TPSA) is 59.8 Å². The van der Waals surface area contributed by atoms with Crippen LogP contribution in [0.4, 0.5) is 5.69 Å². The molecule has 0 aliphatic rings. The fourth-order valence-electron chi connectivity index (χ4n) is 1.96. The molecule has 0 saturated heterocycles. The van der Waals surface area contributed by atoms with Gasteiger partial charge in [-0.25, -0.2) is 0 Å². The number of benzene rings is 2. The molecule has 0 radical (unpaired) electrons. The van der Waals surface area contributed by atoms with E-state index in [2.05, 4.69) is 24.4 Å². The normalized spacial score (nSPS) is 12.1. The average Bonchev–Trinajstić information content (AvgIpc) is 2.46. The van der Waals surface area contributed by atoms with E-state index >= 15 is 0 Å². The van der Waals surface area contributed by atoms with Crippen molar-refractivity contribution in [2.45, 2.75) is 19.5 Å². The molecule has 0 aliphatic carbocycles. The van der Waals surface area contributed by atoms with Crippen LogP contribution in [-0.4, -0.2) is 4.92 Å². The molecule has 0 aliphatic heterocycles. The monoisotopic (exact) mass is 257 g/mol. The lowest BCUT2D eigenvalue weighted by Gasteiger charge is -2.10. The summed E-state index contributed by atoms with van der Waals surface area (Å²) in [6.07, 6.45) is 0. The van der Waals surface area contributed by atoms with E-state index in [-0.39, 0.29) is 10.6 Å². The Labute approximate surface area is 112 Å². The second-order valence-corrected chi connectivity index (χ2v) is 4.56. The highest BCUT2D eigenvalue weighted by atomic mass is 16.6. The van der Waals surface area contributed by atoms with E-state index in [1.165, 1.54) is 5.56 Å². The molecule has 4 nitrogen and oxygen atoms in total. The summed E-state index contributed by atoms with van der Waals surface area (Å²) in [6, 6.07) is 17.4. The van der Waals surface area contributed by atoms with Gasteiger partial charge < -0.3 is 5.32 Å². The molecule has 2 N–H and O–H groups in total. The molecule has 0 amide bonds. The zero-order chi connectivity index (χ0) is 13.7. The van der Waals surface area contributed by atoms with Gasteiger partial charge in [0.1, 0.15) is 12.6 Å². The van der Waals surface area contributed by atoms with Crippen LogP contribution in [0.3, 0.4) is 0 Å². The van der Waals surface area contributed by atoms with E-state index in [0.29, 0.717) is 6.04 Å². The van der Waals surface area contributed by atoms with Crippen LogP contribution >= 0.6 is 0 Å². The molecule has 0 heterocycles. The molecule has 0 bridgehead atoms. The molecule has 0 aromatic heterocycles. The zero-order valence-corrected chi connectivity index (χ0v) is 10.8. The van der Waals surface area contributed by atoms with Gasteiger partial charge in [-0.15, -0.1) is 0 Å². The number of rotatable bonds is 5. The predicted octanol–water partition coefficient (Wildman–Crippen LogP) is 2.42. The van der Waals surface area contributed by atoms with E-state index in [4.69, 9.17) is 0 Å². The van der Waals surface area contributed by atoms with Crippen molar-refractivity contribution in [3.8, 4) is 0 Å². The number of nitro benzene ring substituents is 1. The van der Waals surface area contributed by atoms with Crippen molar-refractivity contribution >= 4 is 5.69 Å². The van der Waals surface area contributed by atoms with E-state index in [1.54, 1.807) is 12.1 Å². The smallest absolute Gasteiger partial charge is 0.269 e. The van der Waals surface area contributed by atoms with Crippen molar-refractivity contribution in [1.29, 1.82) is 0 Å². The van der Waals surface area contributed by atoms with Gasteiger partial charge in [-0.1, -0.05) is 30.3 Å². The van der Waals surface area contributed by atoms with Crippen LogP contribution in [0.5, 0.6) is 0 Å². The first-order valence-corrected chi connectivity index (χ1v) is 6.28. The Hall–Kier alpha value is -2.20. The second kappa shape index (κ2) is 6.11. The summed E-state index contributed by atoms with van der Waals surface area (Å²) in [4.78, 5) is 10.2. The minimum absolute atomic E-state index is 0.139. The molecule has 2 rings (SSSR count). The van der Waals surface area contributed by atoms with E-state index in [0.717, 1.165) is 12.1 Å². The number of hydrogen-bond donors (Lipinski definition) is 1. The van der Waals surface area contributed by atoms with Gasteiger partial charge in [-0.3, -0.25) is 10.1 Å². The minimum Gasteiger partial charge on any atom is -0.337 e. The maximum absolute atomic E-state index is 10.6. The van der Waals surface area contributed by atoms with Crippen molar-refractivity contribution in [2.24, 2.45) is 0 Å². The summed E-state index contributed by atoms with van der Waals surface area (Å²) in [5.41, 5.74) is 2.51. The van der Waals surface area contributed by atoms with Gasteiger partial charge in [0.15, 0.2) is 0 Å². The molecule has 2 aromatic rings. The Morgan fingerprint density at radius 1 is 1.11 bits per heavy atom. The van der Waals surface area contributed by atoms with Crippen LogP contribution in [0.1, 0.15) is 24.1 Å². The lowest BCUT2D eigenvalue weighted by Crippen LogP contribution is -2.83. The molecule has 0 saturated carbocycles. The van der Waals surface area contributed by atoms with Crippen molar-refractivity contribution in [2.75, 3.05) is 0 Å². The van der Waals surface area contributed by atoms with Gasteiger partial charge >= 0.3 is 0 Å². The highest BCUT2D eigenvalue weighted by Crippen LogP contribution is 2.11. The number of nitrogens with two attached hydrogens (primary N) is 1. The van der Waals surface area contributed by atoms with E-state index in [9.17, 15) is 10.1 Å². The third-order valence-electron chi connectivity index (χ3n) is 3.18. The minimum atomic E-state index is -0.375. The Morgan fingerprint density at radius 3 is 2.32 bits per heavy atom. The standard InChI is InChI=1S/C15H16N2O2/c1-12(14-5-3-2-4-6-14)16-11-13-7-9-15(10-8-13)17(18)19/h2-10,12,16H,11H2,1H3/p+1/t12-/m0/s1. The first-order chi connectivity index (χ1) is 9.16. The fraction of sp³-hybridized carbons (Fsp3) is 0.200. The maximum atomic E-state index is 10.6. The number of quaternary nitrogens is 1. The van der Waals surface area contributed by atoms with Crippen LogP contribution in [0.2, 0.25) is 0 Å². The number of nitro groups is 1. The summed E-state index contributed by atoms with van der Waals surface area (Å²) in [6.45, 7) is 2.97. The molecule has 4 heteroatoms. The molecule has 98 valence electrons. The second-order valence-electron chi connectivity index (χ2n) is 4.56. The van der Waals surface area contributed by atoms with Crippen molar-refractivity contribution in [3.63, 3.8) is 0 Å². The maximum Gasteiger partial charge on any atom is 0.269 e. The molecule has 2 aromatic carbocycles. The van der Waals surface area contributed by atoms with Gasteiger partial charge in [0.25, 0.3) is 5.69 Å². The number of hydrogen-bond acceptors (Lipinski definition) is 2. The van der Waals surface area contributed by atoms with Gasteiger partial charge in [-0.05, 0) is 19.1 Å². The van der Waals surface area contributed by atoms with Crippen LogP contribution in [0.15, 0.2) is 54.6 Å². The summed E-state index contributed by atoms with van der Waals surface area (Å²) in [5, 5.41) is 12.8. The summed E-state index contributed by atoms with van der Waals surface area (Å²) >= 11 is 0. The Morgan fingerprint density at radius 2 is 1.74 bits per heavy atom. The molecular weight excluding hydrogens is 240 g/mol. The SMILES string of the molecule is C[C@H]([NH2+]Cc1ccc([N+](=O)[O-])cc1)c1ccccc1. The molecule has 19 heavy (non-hydrogen) atoms. The predicted molar refractivity (Wildman–Crippen MR) is 73.6 cm³/mol. The van der Waals surface area contributed by atoms with Gasteiger partial charge in [0, 0.05) is 23.3 Å². The van der Waals surface area contributed by atoms with Crippen molar-refractivity contribution in [1.82, 2.24) is 0 Å². The fourth-order valence-corrected chi connectivity index (χ4v) is 1.96. The Bertz CT molecular complexity index is 538. The molecule has 0 unspecified atom stereocenters. The summed E-state index contributed by atoms with van der Waals surface area (Å²) in [5.74, 6) is 0. The summed E-state index contributed by atoms with van der Waals surface area (Å²) < 4.78 is 0. The van der Waals surface area contributed by atoms with Gasteiger partial charge in [-0.2, -0.15) is 0 Å². The Balaban J connectivity index is 1.93. The molecule has 0 spiro atoms. The molecular formula is C15H17N2O2+. The van der Waals surface area contributed by atoms with Crippen molar-refractivity contribution < 1.29 is 10.2 Å². The van der Waals surface area contributed by atoms with Crippen molar-refractivity contribution in [3.05, 3.63) is 75.8 Å². The third kappa shape index (κ3) is 3.63. The lowest BCUT2D eigenvalue weighted by molar-refractivity contribution is -0.707. The lowest BCUT2D eigenvalue weighted by atomic mass is 10.1. The van der Waals surface area contributed by atoms with Gasteiger partial charge in [0.05, 0.1) is 4.92 Å². The van der Waals surface area contributed by atoms with Crippen LogP contribution in [0.25, 0.3) is 0 Å². The third-order valence-corrected chi connectivity index (χ3v) is 3.18. The van der Waals surface area contributed by atoms with Crippen LogP contribution in [0, 0.1) is 10.1 Å². The Kier molecular flexibility index (Phi) is 4.26. The van der Waals surface area contributed by atoms with Crippen LogP contribution < -0.4 is 5.32 Å². The molecule has 1 atom stereocenters. The summed E-state index contributed by atoms with van der Waals surface area (Å²) in [7, 11) is 0. The first kappa shape index (κ1) is 13.2.